The van der Waals surface area contributed by atoms with Crippen molar-refractivity contribution in [2.45, 2.75) is 6.92 Å². The zero-order valence-corrected chi connectivity index (χ0v) is 22.2. The molecule has 0 fully saturated rings. The van der Waals surface area contributed by atoms with E-state index in [2.05, 4.69) is 15.6 Å². The number of benzene rings is 3. The zero-order chi connectivity index (χ0) is 26.8. The van der Waals surface area contributed by atoms with Crippen molar-refractivity contribution in [1.82, 2.24) is 9.88 Å². The molecule has 1 aliphatic heterocycles. The van der Waals surface area contributed by atoms with E-state index in [0.717, 1.165) is 39.9 Å². The zero-order valence-electron chi connectivity index (χ0n) is 21.5. The van der Waals surface area contributed by atoms with Crippen molar-refractivity contribution >= 4 is 62.7 Å². The maximum Gasteiger partial charge on any atom is 0.258 e. The van der Waals surface area contributed by atoms with E-state index in [9.17, 15) is 9.59 Å². The summed E-state index contributed by atoms with van der Waals surface area (Å²) in [6.45, 7) is 2.92. The molecule has 4 aromatic rings. The molecule has 192 valence electrons. The highest BCUT2D eigenvalue weighted by Crippen LogP contribution is 2.39. The Kier molecular flexibility index (Phi) is 7.13. The second-order valence-corrected chi connectivity index (χ2v) is 9.89. The first-order chi connectivity index (χ1) is 18.3. The van der Waals surface area contributed by atoms with Crippen molar-refractivity contribution in [2.75, 3.05) is 42.7 Å². The summed E-state index contributed by atoms with van der Waals surface area (Å²) in [7, 11) is 3.96. The number of carbonyl (C=O) groups excluding carboxylic acids is 2. The maximum absolute atomic E-state index is 13.2. The number of pyridine rings is 1. The van der Waals surface area contributed by atoms with Gasteiger partial charge in [-0.05, 0) is 62.6 Å². The minimum atomic E-state index is -0.214. The molecule has 0 atom stereocenters. The number of hydrogen-bond acceptors (Lipinski definition) is 5. The van der Waals surface area contributed by atoms with Crippen LogP contribution in [0.2, 0.25) is 5.02 Å². The van der Waals surface area contributed by atoms with Gasteiger partial charge in [-0.1, -0.05) is 35.9 Å². The SMILES string of the molecule is CC(=O)N(CCN(C)C)c1ccc(N/C(=C2\C(=O)Nc3cc(Cl)ccc32)c2ccc3cccnc3c2)cc1. The highest BCUT2D eigenvalue weighted by Gasteiger charge is 2.29. The van der Waals surface area contributed by atoms with Crippen LogP contribution in [-0.2, 0) is 9.59 Å². The molecule has 3 aromatic carbocycles. The van der Waals surface area contributed by atoms with Gasteiger partial charge in [-0.2, -0.15) is 0 Å². The topological polar surface area (TPSA) is 77.6 Å². The van der Waals surface area contributed by atoms with Crippen molar-refractivity contribution in [1.29, 1.82) is 0 Å². The fourth-order valence-electron chi connectivity index (χ4n) is 4.53. The molecule has 0 bridgehead atoms. The molecule has 0 spiro atoms. The fourth-order valence-corrected chi connectivity index (χ4v) is 4.70. The first-order valence-electron chi connectivity index (χ1n) is 12.3. The summed E-state index contributed by atoms with van der Waals surface area (Å²) in [5.74, 6) is -0.231. The van der Waals surface area contributed by atoms with Crippen molar-refractivity contribution in [2.24, 2.45) is 0 Å². The van der Waals surface area contributed by atoms with E-state index < -0.39 is 0 Å². The van der Waals surface area contributed by atoms with E-state index in [0.29, 0.717) is 28.5 Å². The highest BCUT2D eigenvalue weighted by molar-refractivity contribution is 6.38. The predicted molar refractivity (Wildman–Crippen MR) is 155 cm³/mol. The molecule has 0 radical (unpaired) electrons. The Morgan fingerprint density at radius 2 is 1.79 bits per heavy atom. The molecule has 0 aliphatic carbocycles. The Balaban J connectivity index is 1.57. The molecular weight excluding hydrogens is 498 g/mol. The molecule has 8 heteroatoms. The van der Waals surface area contributed by atoms with E-state index in [1.54, 1.807) is 30.2 Å². The summed E-state index contributed by atoms with van der Waals surface area (Å²) < 4.78 is 0. The average molecular weight is 526 g/mol. The van der Waals surface area contributed by atoms with Gasteiger partial charge in [-0.25, -0.2) is 0 Å². The standard InChI is InChI=1S/C30H28ClN5O2/c1-19(37)36(16-15-35(2)3)24-11-9-23(10-12-24)33-29(21-7-6-20-5-4-14-32-26(20)17-21)28-25-13-8-22(31)18-27(25)34-30(28)38/h4-14,17-18,33H,15-16H2,1-3H3,(H,34,38)/b29-28-. The number of rotatable bonds is 7. The van der Waals surface area contributed by atoms with Gasteiger partial charge in [0.2, 0.25) is 5.91 Å². The van der Waals surface area contributed by atoms with Gasteiger partial charge >= 0.3 is 0 Å². The van der Waals surface area contributed by atoms with Gasteiger partial charge in [0.05, 0.1) is 22.5 Å². The number of nitrogens with zero attached hydrogens (tertiary/aromatic N) is 3. The van der Waals surface area contributed by atoms with Crippen LogP contribution in [0.4, 0.5) is 17.1 Å². The van der Waals surface area contributed by atoms with Gasteiger partial charge in [-0.3, -0.25) is 14.6 Å². The molecule has 2 N–H and O–H groups in total. The summed E-state index contributed by atoms with van der Waals surface area (Å²) in [5, 5.41) is 7.98. The van der Waals surface area contributed by atoms with Gasteiger partial charge in [0.25, 0.3) is 5.91 Å². The van der Waals surface area contributed by atoms with Crippen molar-refractivity contribution in [3.8, 4) is 0 Å². The molecule has 5 rings (SSSR count). The number of nitrogens with one attached hydrogen (secondary N) is 2. The molecule has 1 aromatic heterocycles. The van der Waals surface area contributed by atoms with Crippen molar-refractivity contribution in [3.05, 3.63) is 95.1 Å². The van der Waals surface area contributed by atoms with E-state index in [1.165, 1.54) is 0 Å². The van der Waals surface area contributed by atoms with E-state index >= 15 is 0 Å². The second kappa shape index (κ2) is 10.7. The summed E-state index contributed by atoms with van der Waals surface area (Å²) in [6, 6.07) is 22.9. The van der Waals surface area contributed by atoms with Crippen LogP contribution < -0.4 is 15.5 Å². The summed E-state index contributed by atoms with van der Waals surface area (Å²) in [6.07, 6.45) is 1.75. The van der Waals surface area contributed by atoms with Crippen LogP contribution in [0.3, 0.4) is 0 Å². The average Bonchev–Trinajstić information content (AvgIpc) is 3.22. The van der Waals surface area contributed by atoms with Crippen molar-refractivity contribution < 1.29 is 9.59 Å². The molecule has 2 heterocycles. The minimum absolute atomic E-state index is 0.0167. The van der Waals surface area contributed by atoms with E-state index in [-0.39, 0.29) is 11.8 Å². The smallest absolute Gasteiger partial charge is 0.258 e. The lowest BCUT2D eigenvalue weighted by atomic mass is 9.99. The lowest BCUT2D eigenvalue weighted by molar-refractivity contribution is -0.116. The van der Waals surface area contributed by atoms with Gasteiger partial charge in [0, 0.05) is 59.1 Å². The van der Waals surface area contributed by atoms with Crippen LogP contribution in [0.1, 0.15) is 18.1 Å². The number of anilines is 3. The van der Waals surface area contributed by atoms with Crippen molar-refractivity contribution in [3.63, 3.8) is 0 Å². The largest absolute Gasteiger partial charge is 0.354 e. The maximum atomic E-state index is 13.2. The van der Waals surface area contributed by atoms with Gasteiger partial charge in [0.1, 0.15) is 0 Å². The number of carbonyl (C=O) groups is 2. The third kappa shape index (κ3) is 5.25. The molecular formula is C30H28ClN5O2. The number of halogens is 1. The van der Waals surface area contributed by atoms with Crippen LogP contribution in [0, 0.1) is 0 Å². The van der Waals surface area contributed by atoms with E-state index in [4.69, 9.17) is 11.6 Å². The Hall–Kier alpha value is -4.20. The summed E-state index contributed by atoms with van der Waals surface area (Å²) in [4.78, 5) is 33.8. The Bertz CT molecular complexity index is 1560. The molecule has 38 heavy (non-hydrogen) atoms. The number of likely N-dealkylation sites (N-methyl/N-ethyl adjacent to an activating group) is 1. The lowest BCUT2D eigenvalue weighted by Crippen LogP contribution is -2.35. The Morgan fingerprint density at radius 1 is 1.00 bits per heavy atom. The van der Waals surface area contributed by atoms with Crippen LogP contribution in [-0.4, -0.2) is 48.9 Å². The quantitative estimate of drug-likeness (QED) is 0.301. The molecule has 1 aliphatic rings. The molecule has 7 nitrogen and oxygen atoms in total. The van der Waals surface area contributed by atoms with Crippen LogP contribution in [0.25, 0.3) is 22.2 Å². The van der Waals surface area contributed by atoms with Crippen LogP contribution >= 0.6 is 11.6 Å². The monoisotopic (exact) mass is 525 g/mol. The van der Waals surface area contributed by atoms with Gasteiger partial charge in [0.15, 0.2) is 0 Å². The first kappa shape index (κ1) is 25.4. The number of amides is 2. The van der Waals surface area contributed by atoms with E-state index in [1.807, 2.05) is 79.7 Å². The normalized spacial score (nSPS) is 13.9. The third-order valence-corrected chi connectivity index (χ3v) is 6.71. The number of fused-ring (bicyclic) bond motifs is 2. The molecule has 0 saturated heterocycles. The Morgan fingerprint density at radius 3 is 2.53 bits per heavy atom. The summed E-state index contributed by atoms with van der Waals surface area (Å²) in [5.41, 5.74) is 5.86. The van der Waals surface area contributed by atoms with Crippen LogP contribution in [0.5, 0.6) is 0 Å². The second-order valence-electron chi connectivity index (χ2n) is 9.45. The summed E-state index contributed by atoms with van der Waals surface area (Å²) >= 11 is 6.19. The number of aromatic nitrogens is 1. The van der Waals surface area contributed by atoms with Gasteiger partial charge in [-0.15, -0.1) is 0 Å². The molecule has 0 unspecified atom stereocenters. The van der Waals surface area contributed by atoms with Crippen LogP contribution in [0.15, 0.2) is 79.0 Å². The number of hydrogen-bond donors (Lipinski definition) is 2. The first-order valence-corrected chi connectivity index (χ1v) is 12.7. The predicted octanol–water partition coefficient (Wildman–Crippen LogP) is 5.74. The lowest BCUT2D eigenvalue weighted by Gasteiger charge is -2.23. The minimum Gasteiger partial charge on any atom is -0.354 e. The third-order valence-electron chi connectivity index (χ3n) is 6.47. The van der Waals surface area contributed by atoms with Gasteiger partial charge < -0.3 is 20.4 Å². The molecule has 0 saturated carbocycles. The highest BCUT2D eigenvalue weighted by atomic mass is 35.5. The molecule has 2 amide bonds. The Labute approximate surface area is 226 Å². The fraction of sp³-hybridized carbons (Fsp3) is 0.167.